The van der Waals surface area contributed by atoms with E-state index in [0.29, 0.717) is 12.6 Å². The Balaban J connectivity index is 1.49. The summed E-state index contributed by atoms with van der Waals surface area (Å²) in [7, 11) is 3.60. The van der Waals surface area contributed by atoms with Crippen molar-refractivity contribution < 1.29 is 9.53 Å². The van der Waals surface area contributed by atoms with Crippen LogP contribution in [-0.4, -0.2) is 91.7 Å². The lowest BCUT2D eigenvalue weighted by Gasteiger charge is -2.33. The largest absolute Gasteiger partial charge is 0.385 e. The van der Waals surface area contributed by atoms with Crippen LogP contribution in [0.5, 0.6) is 0 Å². The fraction of sp³-hybridized carbons (Fsp3) is 0.722. The average Bonchev–Trinajstić information content (AvgIpc) is 2.66. The van der Waals surface area contributed by atoms with Gasteiger partial charge in [-0.3, -0.25) is 4.79 Å². The van der Waals surface area contributed by atoms with Gasteiger partial charge in [-0.25, -0.2) is 9.97 Å². The predicted octanol–water partition coefficient (Wildman–Crippen LogP) is 0.668. The minimum Gasteiger partial charge on any atom is -0.385 e. The third-order valence-electron chi connectivity index (χ3n) is 5.20. The first-order valence-electron chi connectivity index (χ1n) is 9.44. The lowest BCUT2D eigenvalue weighted by molar-refractivity contribution is -0.129. The second-order valence-corrected chi connectivity index (χ2v) is 7.10. The van der Waals surface area contributed by atoms with Gasteiger partial charge >= 0.3 is 0 Å². The zero-order chi connectivity index (χ0) is 18.4. The van der Waals surface area contributed by atoms with Gasteiger partial charge in [-0.1, -0.05) is 0 Å². The summed E-state index contributed by atoms with van der Waals surface area (Å²) in [5, 5.41) is 3.54. The first-order valence-corrected chi connectivity index (χ1v) is 9.44. The molecular weight excluding hydrogens is 332 g/mol. The van der Waals surface area contributed by atoms with Crippen molar-refractivity contribution >= 4 is 17.5 Å². The van der Waals surface area contributed by atoms with Gasteiger partial charge in [-0.15, -0.1) is 0 Å². The van der Waals surface area contributed by atoms with Gasteiger partial charge in [0.1, 0.15) is 18.0 Å². The average molecular weight is 362 g/mol. The van der Waals surface area contributed by atoms with Crippen LogP contribution in [-0.2, 0) is 9.53 Å². The number of likely N-dealkylation sites (tertiary alicyclic amines) is 1. The van der Waals surface area contributed by atoms with Gasteiger partial charge < -0.3 is 24.8 Å². The van der Waals surface area contributed by atoms with Crippen LogP contribution in [0.15, 0.2) is 12.4 Å². The molecule has 8 heteroatoms. The molecule has 1 N–H and O–H groups in total. The van der Waals surface area contributed by atoms with Crippen molar-refractivity contribution in [2.75, 3.05) is 70.2 Å². The Morgan fingerprint density at radius 3 is 2.77 bits per heavy atom. The molecule has 3 rings (SSSR count). The van der Waals surface area contributed by atoms with E-state index >= 15 is 0 Å². The van der Waals surface area contributed by atoms with Crippen molar-refractivity contribution in [2.24, 2.45) is 0 Å². The van der Waals surface area contributed by atoms with Crippen molar-refractivity contribution in [3.63, 3.8) is 0 Å². The van der Waals surface area contributed by atoms with Gasteiger partial charge in [-0.05, 0) is 19.3 Å². The Hall–Kier alpha value is -1.93. The molecule has 0 radical (unpaired) electrons. The smallest absolute Gasteiger partial charge is 0.241 e. The van der Waals surface area contributed by atoms with Crippen molar-refractivity contribution in [2.45, 2.75) is 25.3 Å². The molecule has 2 aliphatic rings. The Kier molecular flexibility index (Phi) is 6.62. The molecule has 144 valence electrons. The number of carbonyl (C=O) groups excluding carboxylic acids is 1. The highest BCUT2D eigenvalue weighted by Gasteiger charge is 2.23. The SMILES string of the molecule is COCCCN1CCC(Nc2cc(N3CCN(C)C(=O)C3)ncn2)CC1. The van der Waals surface area contributed by atoms with Crippen LogP contribution in [0.1, 0.15) is 19.3 Å². The Morgan fingerprint density at radius 2 is 2.04 bits per heavy atom. The molecule has 0 bridgehead atoms. The summed E-state index contributed by atoms with van der Waals surface area (Å²) >= 11 is 0. The quantitative estimate of drug-likeness (QED) is 0.715. The second-order valence-electron chi connectivity index (χ2n) is 7.10. The predicted molar refractivity (Wildman–Crippen MR) is 101 cm³/mol. The molecule has 0 aliphatic carbocycles. The zero-order valence-electron chi connectivity index (χ0n) is 15.9. The van der Waals surface area contributed by atoms with Crippen molar-refractivity contribution in [1.82, 2.24) is 19.8 Å². The number of nitrogens with one attached hydrogen (secondary N) is 1. The number of nitrogens with zero attached hydrogens (tertiary/aromatic N) is 5. The van der Waals surface area contributed by atoms with Gasteiger partial charge in [0.2, 0.25) is 5.91 Å². The summed E-state index contributed by atoms with van der Waals surface area (Å²) in [6, 6.07) is 2.40. The third kappa shape index (κ3) is 5.04. The Labute approximate surface area is 155 Å². The first kappa shape index (κ1) is 18.8. The lowest BCUT2D eigenvalue weighted by Crippen LogP contribution is -2.48. The second kappa shape index (κ2) is 9.14. The molecule has 0 saturated carbocycles. The maximum atomic E-state index is 11.9. The number of methoxy groups -OCH3 is 1. The Morgan fingerprint density at radius 1 is 1.23 bits per heavy atom. The number of rotatable bonds is 7. The Bertz CT molecular complexity index is 591. The molecule has 0 spiro atoms. The number of amides is 1. The van der Waals surface area contributed by atoms with Crippen LogP contribution in [0.3, 0.4) is 0 Å². The molecule has 26 heavy (non-hydrogen) atoms. The van der Waals surface area contributed by atoms with Crippen LogP contribution in [0.2, 0.25) is 0 Å². The number of aromatic nitrogens is 2. The molecule has 1 aromatic heterocycles. The molecule has 8 nitrogen and oxygen atoms in total. The van der Waals surface area contributed by atoms with Crippen molar-refractivity contribution in [3.05, 3.63) is 12.4 Å². The third-order valence-corrected chi connectivity index (χ3v) is 5.20. The number of carbonyl (C=O) groups is 1. The molecular formula is C18H30N6O2. The highest BCUT2D eigenvalue weighted by Crippen LogP contribution is 2.19. The molecule has 0 atom stereocenters. The van der Waals surface area contributed by atoms with Gasteiger partial charge in [0.05, 0.1) is 6.54 Å². The van der Waals surface area contributed by atoms with Gasteiger partial charge in [0.25, 0.3) is 0 Å². The maximum absolute atomic E-state index is 11.9. The summed E-state index contributed by atoms with van der Waals surface area (Å²) in [6.07, 6.45) is 4.90. The highest BCUT2D eigenvalue weighted by molar-refractivity contribution is 5.82. The molecule has 0 aromatic carbocycles. The topological polar surface area (TPSA) is 73.8 Å². The molecule has 2 aliphatic heterocycles. The molecule has 2 saturated heterocycles. The van der Waals surface area contributed by atoms with E-state index in [9.17, 15) is 4.79 Å². The van der Waals surface area contributed by atoms with Crippen molar-refractivity contribution in [1.29, 1.82) is 0 Å². The summed E-state index contributed by atoms with van der Waals surface area (Å²) < 4.78 is 5.13. The number of hydrogen-bond donors (Lipinski definition) is 1. The first-order chi connectivity index (χ1) is 12.7. The molecule has 1 amide bonds. The number of likely N-dealkylation sites (N-methyl/N-ethyl adjacent to an activating group) is 1. The fourth-order valence-corrected chi connectivity index (χ4v) is 3.50. The summed E-state index contributed by atoms with van der Waals surface area (Å²) in [5.41, 5.74) is 0. The summed E-state index contributed by atoms with van der Waals surface area (Å²) in [6.45, 7) is 6.06. The lowest BCUT2D eigenvalue weighted by atomic mass is 10.0. The van der Waals surface area contributed by atoms with Crippen LogP contribution in [0, 0.1) is 0 Å². The van der Waals surface area contributed by atoms with Crippen LogP contribution >= 0.6 is 0 Å². The van der Waals surface area contributed by atoms with Crippen molar-refractivity contribution in [3.8, 4) is 0 Å². The van der Waals surface area contributed by atoms with Crippen LogP contribution in [0.25, 0.3) is 0 Å². The summed E-state index contributed by atoms with van der Waals surface area (Å²) in [4.78, 5) is 26.9. The van der Waals surface area contributed by atoms with Crippen LogP contribution < -0.4 is 10.2 Å². The van der Waals surface area contributed by atoms with Gasteiger partial charge in [0.15, 0.2) is 0 Å². The van der Waals surface area contributed by atoms with Gasteiger partial charge in [0, 0.05) is 65.6 Å². The minimum atomic E-state index is 0.130. The number of piperazine rings is 1. The van der Waals surface area contributed by atoms with E-state index in [1.165, 1.54) is 0 Å². The normalized spacial score (nSPS) is 19.8. The van der Waals surface area contributed by atoms with Gasteiger partial charge in [-0.2, -0.15) is 0 Å². The number of piperidine rings is 1. The molecule has 0 unspecified atom stereocenters. The van der Waals surface area contributed by atoms with E-state index in [1.54, 1.807) is 18.3 Å². The van der Waals surface area contributed by atoms with E-state index in [-0.39, 0.29) is 5.91 Å². The highest BCUT2D eigenvalue weighted by atomic mass is 16.5. The summed E-state index contributed by atoms with van der Waals surface area (Å²) in [5.74, 6) is 1.80. The molecule has 1 aromatic rings. The van der Waals surface area contributed by atoms with E-state index in [4.69, 9.17) is 4.74 Å². The number of anilines is 2. The van der Waals surface area contributed by atoms with E-state index in [0.717, 1.165) is 70.2 Å². The van der Waals surface area contributed by atoms with E-state index in [1.807, 2.05) is 18.0 Å². The van der Waals surface area contributed by atoms with E-state index < -0.39 is 0 Å². The molecule has 3 heterocycles. The minimum absolute atomic E-state index is 0.130. The zero-order valence-corrected chi connectivity index (χ0v) is 15.9. The van der Waals surface area contributed by atoms with E-state index in [2.05, 4.69) is 20.2 Å². The standard InChI is InChI=1S/C18H30N6O2/c1-22-9-10-24(13-18(22)25)17-12-16(19-14-20-17)21-15-4-7-23(8-5-15)6-3-11-26-2/h12,14-15H,3-11,13H2,1-2H3,(H,19,20,21). The molecule has 2 fully saturated rings. The fourth-order valence-electron chi connectivity index (χ4n) is 3.50. The van der Waals surface area contributed by atoms with Crippen LogP contribution in [0.4, 0.5) is 11.6 Å². The monoisotopic (exact) mass is 362 g/mol. The number of ether oxygens (including phenoxy) is 1. The maximum Gasteiger partial charge on any atom is 0.241 e. The number of hydrogen-bond acceptors (Lipinski definition) is 7.